The van der Waals surface area contributed by atoms with E-state index in [0.29, 0.717) is 10.3 Å². The molecule has 0 radical (unpaired) electrons. The number of thiophene rings is 1. The number of rotatable bonds is 5. The van der Waals surface area contributed by atoms with Gasteiger partial charge in [-0.3, -0.25) is 9.59 Å². The van der Waals surface area contributed by atoms with E-state index in [4.69, 9.17) is 0 Å². The van der Waals surface area contributed by atoms with Crippen molar-refractivity contribution in [3.8, 4) is 0 Å². The van der Waals surface area contributed by atoms with Crippen LogP contribution >= 0.6 is 11.3 Å². The Hall–Kier alpha value is -2.41. The van der Waals surface area contributed by atoms with Gasteiger partial charge in [0.15, 0.2) is 12.4 Å². The Morgan fingerprint density at radius 2 is 2.10 bits per heavy atom. The lowest BCUT2D eigenvalue weighted by molar-refractivity contribution is -0.605. The number of nitrogens with one attached hydrogen (secondary N) is 1. The number of hydrogen-bond donors (Lipinski definition) is 1. The average molecular weight is 306 g/mol. The Labute approximate surface area is 125 Å². The van der Waals surface area contributed by atoms with Crippen molar-refractivity contribution in [1.29, 1.82) is 0 Å². The molecular formula is C14H14N2O4S. The number of carbonyl (C=O) groups is 2. The van der Waals surface area contributed by atoms with Gasteiger partial charge in [0.2, 0.25) is 0 Å². The van der Waals surface area contributed by atoms with Gasteiger partial charge in [-0.2, -0.15) is 4.73 Å². The summed E-state index contributed by atoms with van der Waals surface area (Å²) in [6, 6.07) is 6.08. The number of carbonyl (C=O) groups excluding carboxylic acids is 2. The van der Waals surface area contributed by atoms with E-state index >= 15 is 0 Å². The normalized spacial score (nSPS) is 11.7. The molecule has 7 heteroatoms. The molecule has 6 nitrogen and oxygen atoms in total. The van der Waals surface area contributed by atoms with Gasteiger partial charge in [-0.05, 0) is 11.4 Å². The number of aromatic nitrogens is 1. The van der Waals surface area contributed by atoms with Crippen LogP contribution in [0, 0.1) is 5.21 Å². The zero-order valence-corrected chi connectivity index (χ0v) is 12.1. The van der Waals surface area contributed by atoms with Gasteiger partial charge in [0.25, 0.3) is 5.91 Å². The standard InChI is InChI=1S/C14H14N2O4S/c1-20-13(17)9-11(12-3-2-8-21-12)15-14(18)10-4-6-16(19)7-5-10/h2-8,11H,9H2,1H3,(H,15,18). The molecule has 21 heavy (non-hydrogen) atoms. The molecule has 1 atom stereocenters. The molecule has 0 aromatic carbocycles. The van der Waals surface area contributed by atoms with E-state index in [-0.39, 0.29) is 12.3 Å². The van der Waals surface area contributed by atoms with Gasteiger partial charge >= 0.3 is 5.97 Å². The number of esters is 1. The first-order valence-electron chi connectivity index (χ1n) is 6.20. The summed E-state index contributed by atoms with van der Waals surface area (Å²) in [5.74, 6) is -0.753. The molecule has 1 N–H and O–H groups in total. The van der Waals surface area contributed by atoms with E-state index in [9.17, 15) is 14.8 Å². The van der Waals surface area contributed by atoms with Crippen molar-refractivity contribution < 1.29 is 19.1 Å². The Balaban J connectivity index is 2.12. The summed E-state index contributed by atoms with van der Waals surface area (Å²) in [6.45, 7) is 0. The van der Waals surface area contributed by atoms with Crippen molar-refractivity contribution in [2.24, 2.45) is 0 Å². The summed E-state index contributed by atoms with van der Waals surface area (Å²) in [6.07, 6.45) is 2.54. The minimum absolute atomic E-state index is 0.0527. The van der Waals surface area contributed by atoms with Crippen molar-refractivity contribution in [3.05, 3.63) is 57.7 Å². The van der Waals surface area contributed by atoms with Gasteiger partial charge in [0, 0.05) is 17.0 Å². The summed E-state index contributed by atoms with van der Waals surface area (Å²) in [5, 5.41) is 15.6. The quantitative estimate of drug-likeness (QED) is 0.514. The second-order valence-electron chi connectivity index (χ2n) is 4.27. The summed E-state index contributed by atoms with van der Waals surface area (Å²) < 4.78 is 5.25. The molecule has 2 rings (SSSR count). The average Bonchev–Trinajstić information content (AvgIpc) is 3.01. The molecule has 1 amide bonds. The van der Waals surface area contributed by atoms with Crippen LogP contribution in [0.2, 0.25) is 0 Å². The van der Waals surface area contributed by atoms with Gasteiger partial charge in [0.1, 0.15) is 0 Å². The Bertz CT molecular complexity index is 610. The third-order valence-electron chi connectivity index (χ3n) is 2.85. The summed E-state index contributed by atoms with van der Waals surface area (Å²) in [7, 11) is 1.31. The number of ether oxygens (including phenoxy) is 1. The largest absolute Gasteiger partial charge is 0.619 e. The highest BCUT2D eigenvalue weighted by Crippen LogP contribution is 2.22. The van der Waals surface area contributed by atoms with Crippen LogP contribution in [0.1, 0.15) is 27.7 Å². The molecule has 0 saturated heterocycles. The molecule has 1 unspecified atom stereocenters. The molecule has 0 saturated carbocycles. The van der Waals surface area contributed by atoms with E-state index in [1.54, 1.807) is 0 Å². The van der Waals surface area contributed by atoms with E-state index in [0.717, 1.165) is 4.88 Å². The molecule has 2 aromatic heterocycles. The fourth-order valence-corrected chi connectivity index (χ4v) is 2.55. The van der Waals surface area contributed by atoms with Crippen molar-refractivity contribution in [1.82, 2.24) is 5.32 Å². The minimum Gasteiger partial charge on any atom is -0.619 e. The van der Waals surface area contributed by atoms with Gasteiger partial charge in [0.05, 0.1) is 25.1 Å². The maximum atomic E-state index is 12.2. The Kier molecular flexibility index (Phi) is 4.89. The zero-order chi connectivity index (χ0) is 15.2. The molecule has 0 spiro atoms. The molecule has 0 aliphatic rings. The van der Waals surface area contributed by atoms with Gasteiger partial charge in [-0.25, -0.2) is 0 Å². The van der Waals surface area contributed by atoms with Gasteiger partial charge in [-0.15, -0.1) is 11.3 Å². The zero-order valence-electron chi connectivity index (χ0n) is 11.3. The van der Waals surface area contributed by atoms with Crippen molar-refractivity contribution in [2.45, 2.75) is 12.5 Å². The molecule has 2 heterocycles. The molecule has 0 fully saturated rings. The van der Waals surface area contributed by atoms with Crippen molar-refractivity contribution in [3.63, 3.8) is 0 Å². The summed E-state index contributed by atoms with van der Waals surface area (Å²) in [5.41, 5.74) is 0.355. The lowest BCUT2D eigenvalue weighted by Crippen LogP contribution is -2.31. The number of pyridine rings is 1. The van der Waals surface area contributed by atoms with E-state index in [1.165, 1.54) is 43.0 Å². The van der Waals surface area contributed by atoms with Crippen molar-refractivity contribution in [2.75, 3.05) is 7.11 Å². The van der Waals surface area contributed by atoms with Crippen LogP contribution in [-0.4, -0.2) is 19.0 Å². The van der Waals surface area contributed by atoms with Crippen LogP contribution in [0.25, 0.3) is 0 Å². The SMILES string of the molecule is COC(=O)CC(NC(=O)c1cc[n+]([O-])cc1)c1cccs1. The molecular weight excluding hydrogens is 292 g/mol. The van der Waals surface area contributed by atoms with Crippen LogP contribution in [0.15, 0.2) is 42.0 Å². The smallest absolute Gasteiger partial charge is 0.307 e. The van der Waals surface area contributed by atoms with Crippen LogP contribution in [-0.2, 0) is 9.53 Å². The number of amides is 1. The first-order chi connectivity index (χ1) is 10.1. The lowest BCUT2D eigenvalue weighted by Gasteiger charge is -2.16. The van der Waals surface area contributed by atoms with E-state index in [2.05, 4.69) is 10.1 Å². The van der Waals surface area contributed by atoms with Crippen LogP contribution in [0.5, 0.6) is 0 Å². The highest BCUT2D eigenvalue weighted by atomic mass is 32.1. The molecule has 0 aliphatic carbocycles. The highest BCUT2D eigenvalue weighted by molar-refractivity contribution is 7.10. The minimum atomic E-state index is -0.454. The number of nitrogens with zero attached hydrogens (tertiary/aromatic N) is 1. The third kappa shape index (κ3) is 4.03. The summed E-state index contributed by atoms with van der Waals surface area (Å²) >= 11 is 1.45. The first kappa shape index (κ1) is 15.0. The summed E-state index contributed by atoms with van der Waals surface area (Å²) in [4.78, 5) is 24.5. The molecule has 0 aliphatic heterocycles. The van der Waals surface area contributed by atoms with E-state index in [1.807, 2.05) is 17.5 Å². The fraction of sp³-hybridized carbons (Fsp3) is 0.214. The maximum Gasteiger partial charge on any atom is 0.307 e. The van der Waals surface area contributed by atoms with E-state index < -0.39 is 12.0 Å². The van der Waals surface area contributed by atoms with Crippen LogP contribution in [0.3, 0.4) is 0 Å². The predicted molar refractivity (Wildman–Crippen MR) is 76.6 cm³/mol. The maximum absolute atomic E-state index is 12.2. The van der Waals surface area contributed by atoms with Gasteiger partial charge in [-0.1, -0.05) is 6.07 Å². The molecule has 0 bridgehead atoms. The van der Waals surface area contributed by atoms with Crippen LogP contribution < -0.4 is 10.0 Å². The first-order valence-corrected chi connectivity index (χ1v) is 7.08. The number of hydrogen-bond acceptors (Lipinski definition) is 5. The van der Waals surface area contributed by atoms with Crippen molar-refractivity contribution >= 4 is 23.2 Å². The molecule has 2 aromatic rings. The fourth-order valence-electron chi connectivity index (χ4n) is 1.77. The Morgan fingerprint density at radius 3 is 2.67 bits per heavy atom. The topological polar surface area (TPSA) is 82.3 Å². The third-order valence-corrected chi connectivity index (χ3v) is 3.84. The lowest BCUT2D eigenvalue weighted by atomic mass is 10.1. The Morgan fingerprint density at radius 1 is 1.38 bits per heavy atom. The van der Waals surface area contributed by atoms with Gasteiger partial charge < -0.3 is 15.3 Å². The second kappa shape index (κ2) is 6.85. The highest BCUT2D eigenvalue weighted by Gasteiger charge is 2.20. The molecule has 110 valence electrons. The van der Waals surface area contributed by atoms with Crippen LogP contribution in [0.4, 0.5) is 0 Å². The number of methoxy groups -OCH3 is 1. The predicted octanol–water partition coefficient (Wildman–Crippen LogP) is 1.42. The second-order valence-corrected chi connectivity index (χ2v) is 5.25. The monoisotopic (exact) mass is 306 g/mol.